The fourth-order valence-electron chi connectivity index (χ4n) is 2.36. The first kappa shape index (κ1) is 17.9. The van der Waals surface area contributed by atoms with Crippen LogP contribution in [0.5, 0.6) is 0 Å². The van der Waals surface area contributed by atoms with Crippen LogP contribution in [0.2, 0.25) is 0 Å². The van der Waals surface area contributed by atoms with Gasteiger partial charge in [0.2, 0.25) is 5.91 Å². The molecule has 0 heterocycles. The third-order valence-electron chi connectivity index (χ3n) is 3.58. The van der Waals surface area contributed by atoms with Crippen molar-refractivity contribution < 1.29 is 14.3 Å². The van der Waals surface area contributed by atoms with Crippen LogP contribution in [0.3, 0.4) is 0 Å². The molecule has 2 aromatic carbocycles. The molecule has 0 fully saturated rings. The molecule has 0 aliphatic rings. The van der Waals surface area contributed by atoms with Crippen LogP contribution in [-0.4, -0.2) is 35.6 Å². The van der Waals surface area contributed by atoms with Crippen LogP contribution in [0.1, 0.15) is 12.0 Å². The minimum atomic E-state index is -0.519. The number of aliphatic hydroxyl groups excluding tert-OH is 1. The molecule has 128 valence electrons. The Morgan fingerprint density at radius 3 is 2.62 bits per heavy atom. The van der Waals surface area contributed by atoms with E-state index < -0.39 is 5.82 Å². The Hall–Kier alpha value is -2.44. The minimum Gasteiger partial charge on any atom is -0.399 e. The molecule has 0 unspecified atom stereocenters. The quantitative estimate of drug-likeness (QED) is 0.648. The molecule has 0 aliphatic carbocycles. The second-order valence-electron chi connectivity index (χ2n) is 5.52. The summed E-state index contributed by atoms with van der Waals surface area (Å²) < 4.78 is 13.6. The van der Waals surface area contributed by atoms with Crippen molar-refractivity contribution in [3.63, 3.8) is 0 Å². The highest BCUT2D eigenvalue weighted by atomic mass is 19.1. The van der Waals surface area contributed by atoms with E-state index in [1.165, 1.54) is 18.2 Å². The van der Waals surface area contributed by atoms with Gasteiger partial charge in [-0.05, 0) is 23.8 Å². The SMILES string of the molecule is Nc1ccc(F)c(NC(=O)CCN(CCO)Cc2ccccc2)c1. The van der Waals surface area contributed by atoms with E-state index in [2.05, 4.69) is 5.32 Å². The summed E-state index contributed by atoms with van der Waals surface area (Å²) in [5.41, 5.74) is 7.17. The average molecular weight is 331 g/mol. The summed E-state index contributed by atoms with van der Waals surface area (Å²) in [5.74, 6) is -0.815. The van der Waals surface area contributed by atoms with Gasteiger partial charge >= 0.3 is 0 Å². The van der Waals surface area contributed by atoms with Crippen molar-refractivity contribution >= 4 is 17.3 Å². The lowest BCUT2D eigenvalue weighted by molar-refractivity contribution is -0.116. The lowest BCUT2D eigenvalue weighted by Gasteiger charge is -2.21. The number of carbonyl (C=O) groups excluding carboxylic acids is 1. The number of benzene rings is 2. The molecule has 0 aliphatic heterocycles. The molecule has 24 heavy (non-hydrogen) atoms. The fourth-order valence-corrected chi connectivity index (χ4v) is 2.36. The van der Waals surface area contributed by atoms with Gasteiger partial charge in [0.15, 0.2) is 0 Å². The molecule has 0 radical (unpaired) electrons. The summed E-state index contributed by atoms with van der Waals surface area (Å²) in [5, 5.41) is 11.7. The van der Waals surface area contributed by atoms with Gasteiger partial charge in [0.25, 0.3) is 0 Å². The topological polar surface area (TPSA) is 78.6 Å². The number of hydrogen-bond acceptors (Lipinski definition) is 4. The number of carbonyl (C=O) groups is 1. The highest BCUT2D eigenvalue weighted by Gasteiger charge is 2.11. The van der Waals surface area contributed by atoms with Gasteiger partial charge in [-0.25, -0.2) is 4.39 Å². The maximum absolute atomic E-state index is 13.6. The Morgan fingerprint density at radius 1 is 1.17 bits per heavy atom. The zero-order chi connectivity index (χ0) is 17.4. The Morgan fingerprint density at radius 2 is 1.92 bits per heavy atom. The number of rotatable bonds is 8. The maximum atomic E-state index is 13.6. The maximum Gasteiger partial charge on any atom is 0.225 e. The monoisotopic (exact) mass is 331 g/mol. The molecule has 0 bridgehead atoms. The van der Waals surface area contributed by atoms with E-state index in [-0.39, 0.29) is 24.6 Å². The molecule has 5 nitrogen and oxygen atoms in total. The predicted molar refractivity (Wildman–Crippen MR) is 92.9 cm³/mol. The standard InChI is InChI=1S/C18H22FN3O2/c19-16-7-6-15(20)12-17(16)21-18(24)8-9-22(10-11-23)13-14-4-2-1-3-5-14/h1-7,12,23H,8-11,13,20H2,(H,21,24). The van der Waals surface area contributed by atoms with E-state index >= 15 is 0 Å². The van der Waals surface area contributed by atoms with Crippen molar-refractivity contribution in [1.82, 2.24) is 4.90 Å². The second kappa shape index (κ2) is 9.00. The smallest absolute Gasteiger partial charge is 0.225 e. The van der Waals surface area contributed by atoms with E-state index in [0.717, 1.165) is 5.56 Å². The van der Waals surface area contributed by atoms with Gasteiger partial charge in [0.1, 0.15) is 5.82 Å². The van der Waals surface area contributed by atoms with Crippen LogP contribution >= 0.6 is 0 Å². The van der Waals surface area contributed by atoms with Gasteiger partial charge in [0, 0.05) is 31.7 Å². The van der Waals surface area contributed by atoms with Crippen molar-refractivity contribution in [1.29, 1.82) is 0 Å². The van der Waals surface area contributed by atoms with Gasteiger partial charge in [-0.15, -0.1) is 0 Å². The van der Waals surface area contributed by atoms with Crippen molar-refractivity contribution in [2.75, 3.05) is 30.7 Å². The number of anilines is 2. The van der Waals surface area contributed by atoms with Gasteiger partial charge in [0.05, 0.1) is 12.3 Å². The van der Waals surface area contributed by atoms with E-state index in [0.29, 0.717) is 25.3 Å². The number of hydrogen-bond donors (Lipinski definition) is 3. The van der Waals surface area contributed by atoms with Crippen LogP contribution < -0.4 is 11.1 Å². The summed E-state index contributed by atoms with van der Waals surface area (Å²) >= 11 is 0. The summed E-state index contributed by atoms with van der Waals surface area (Å²) in [7, 11) is 0. The number of aliphatic hydroxyl groups is 1. The Kier molecular flexibility index (Phi) is 6.72. The van der Waals surface area contributed by atoms with Crippen LogP contribution in [0.15, 0.2) is 48.5 Å². The van der Waals surface area contributed by atoms with Crippen LogP contribution in [0.4, 0.5) is 15.8 Å². The normalized spacial score (nSPS) is 10.8. The third-order valence-corrected chi connectivity index (χ3v) is 3.58. The van der Waals surface area contributed by atoms with E-state index in [4.69, 9.17) is 5.73 Å². The van der Waals surface area contributed by atoms with Crippen molar-refractivity contribution in [3.05, 3.63) is 59.9 Å². The van der Waals surface area contributed by atoms with Crippen molar-refractivity contribution in [2.45, 2.75) is 13.0 Å². The first-order valence-corrected chi connectivity index (χ1v) is 7.80. The molecule has 0 saturated carbocycles. The van der Waals surface area contributed by atoms with Gasteiger partial charge in [-0.3, -0.25) is 9.69 Å². The second-order valence-corrected chi connectivity index (χ2v) is 5.52. The lowest BCUT2D eigenvalue weighted by Crippen LogP contribution is -2.30. The summed E-state index contributed by atoms with van der Waals surface area (Å²) in [4.78, 5) is 14.0. The number of nitrogen functional groups attached to an aromatic ring is 1. The molecule has 2 aromatic rings. The molecular weight excluding hydrogens is 309 g/mol. The average Bonchev–Trinajstić information content (AvgIpc) is 2.57. The van der Waals surface area contributed by atoms with E-state index in [1.54, 1.807) is 0 Å². The molecule has 2 rings (SSSR count). The van der Waals surface area contributed by atoms with Crippen LogP contribution in [0, 0.1) is 5.82 Å². The summed E-state index contributed by atoms with van der Waals surface area (Å²) in [6.45, 7) is 1.58. The fraction of sp³-hybridized carbons (Fsp3) is 0.278. The van der Waals surface area contributed by atoms with Gasteiger partial charge in [-0.1, -0.05) is 30.3 Å². The molecule has 4 N–H and O–H groups in total. The molecule has 0 saturated heterocycles. The lowest BCUT2D eigenvalue weighted by atomic mass is 10.2. The summed E-state index contributed by atoms with van der Waals surface area (Å²) in [6, 6.07) is 13.9. The van der Waals surface area contributed by atoms with Crippen molar-refractivity contribution in [2.24, 2.45) is 0 Å². The third kappa shape index (κ3) is 5.64. The summed E-state index contributed by atoms with van der Waals surface area (Å²) in [6.07, 6.45) is 0.196. The van der Waals surface area contributed by atoms with Gasteiger partial charge < -0.3 is 16.2 Å². The number of nitrogens with two attached hydrogens (primary N) is 1. The Balaban J connectivity index is 1.88. The first-order chi connectivity index (χ1) is 11.6. The van der Waals surface area contributed by atoms with Gasteiger partial charge in [-0.2, -0.15) is 0 Å². The Bertz CT molecular complexity index is 665. The number of nitrogens with zero attached hydrogens (tertiary/aromatic N) is 1. The van der Waals surface area contributed by atoms with E-state index in [1.807, 2.05) is 35.2 Å². The highest BCUT2D eigenvalue weighted by Crippen LogP contribution is 2.17. The number of halogens is 1. The molecule has 0 atom stereocenters. The molecular formula is C18H22FN3O2. The first-order valence-electron chi connectivity index (χ1n) is 7.80. The van der Waals surface area contributed by atoms with Crippen molar-refractivity contribution in [3.8, 4) is 0 Å². The zero-order valence-corrected chi connectivity index (χ0v) is 13.4. The minimum absolute atomic E-state index is 0.0122. The molecule has 0 aromatic heterocycles. The van der Waals surface area contributed by atoms with E-state index in [9.17, 15) is 14.3 Å². The molecule has 1 amide bonds. The number of amides is 1. The molecule has 6 heteroatoms. The zero-order valence-electron chi connectivity index (χ0n) is 13.4. The largest absolute Gasteiger partial charge is 0.399 e. The predicted octanol–water partition coefficient (Wildman–Crippen LogP) is 2.23. The molecule has 0 spiro atoms. The Labute approximate surface area is 140 Å². The van der Waals surface area contributed by atoms with Crippen LogP contribution in [0.25, 0.3) is 0 Å². The van der Waals surface area contributed by atoms with Crippen LogP contribution in [-0.2, 0) is 11.3 Å². The highest BCUT2D eigenvalue weighted by molar-refractivity contribution is 5.91. The number of nitrogens with one attached hydrogen (secondary N) is 1.